The van der Waals surface area contributed by atoms with Crippen molar-refractivity contribution in [3.63, 3.8) is 0 Å². The molecule has 2 N–H and O–H groups in total. The third-order valence-corrected chi connectivity index (χ3v) is 2.95. The minimum absolute atomic E-state index is 0.835. The van der Waals surface area contributed by atoms with E-state index in [2.05, 4.69) is 26.4 Å². The molecule has 0 saturated heterocycles. The second-order valence-electron chi connectivity index (χ2n) is 4.20. The van der Waals surface area contributed by atoms with Crippen molar-refractivity contribution in [1.82, 2.24) is 24.9 Å². The fourth-order valence-corrected chi connectivity index (χ4v) is 1.99. The molecular formula is C13H15N5. The predicted molar refractivity (Wildman–Crippen MR) is 69.2 cm³/mol. The number of aromatic amines is 1. The van der Waals surface area contributed by atoms with Crippen molar-refractivity contribution in [3.05, 3.63) is 54.4 Å². The zero-order valence-electron chi connectivity index (χ0n) is 10.0. The average molecular weight is 241 g/mol. The summed E-state index contributed by atoms with van der Waals surface area (Å²) in [5.41, 5.74) is 3.54. The molecule has 0 saturated carbocycles. The Morgan fingerprint density at radius 2 is 2.28 bits per heavy atom. The molecule has 0 bridgehead atoms. The molecule has 3 aromatic rings. The topological polar surface area (TPSA) is 58.0 Å². The van der Waals surface area contributed by atoms with Gasteiger partial charge in [0.2, 0.25) is 0 Å². The lowest BCUT2D eigenvalue weighted by Gasteiger charge is -2.02. The second kappa shape index (κ2) is 5.01. The Hall–Kier alpha value is -2.14. The van der Waals surface area contributed by atoms with E-state index in [0.29, 0.717) is 0 Å². The fourth-order valence-electron chi connectivity index (χ4n) is 1.99. The summed E-state index contributed by atoms with van der Waals surface area (Å²) in [6.07, 6.45) is 8.40. The standard InChI is InChI=1S/C13H15N5/c1-2-6-18-13(3-1)11(8-17-18)7-14-5-4-12-9-15-10-16-12/h1-3,6,8-10,14H,4-5,7H2,(H,15,16). The van der Waals surface area contributed by atoms with Crippen LogP contribution in [0.5, 0.6) is 0 Å². The molecule has 0 aliphatic carbocycles. The van der Waals surface area contributed by atoms with Crippen LogP contribution in [0.4, 0.5) is 0 Å². The van der Waals surface area contributed by atoms with Crippen LogP contribution < -0.4 is 5.32 Å². The number of pyridine rings is 1. The number of hydrogen-bond acceptors (Lipinski definition) is 3. The van der Waals surface area contributed by atoms with E-state index in [0.717, 1.165) is 30.7 Å². The maximum atomic E-state index is 4.31. The summed E-state index contributed by atoms with van der Waals surface area (Å²) >= 11 is 0. The lowest BCUT2D eigenvalue weighted by atomic mass is 10.2. The van der Waals surface area contributed by atoms with Gasteiger partial charge in [-0.25, -0.2) is 9.50 Å². The third-order valence-electron chi connectivity index (χ3n) is 2.95. The summed E-state index contributed by atoms with van der Waals surface area (Å²) in [7, 11) is 0. The van der Waals surface area contributed by atoms with Gasteiger partial charge in [0, 0.05) is 43.2 Å². The molecule has 3 heterocycles. The Kier molecular flexibility index (Phi) is 3.06. The van der Waals surface area contributed by atoms with Gasteiger partial charge in [0.25, 0.3) is 0 Å². The smallest absolute Gasteiger partial charge is 0.0921 e. The van der Waals surface area contributed by atoms with E-state index in [1.165, 1.54) is 5.56 Å². The molecule has 92 valence electrons. The Morgan fingerprint density at radius 3 is 3.17 bits per heavy atom. The van der Waals surface area contributed by atoms with Crippen LogP contribution in [0.2, 0.25) is 0 Å². The van der Waals surface area contributed by atoms with Crippen LogP contribution in [-0.2, 0) is 13.0 Å². The number of fused-ring (bicyclic) bond motifs is 1. The maximum Gasteiger partial charge on any atom is 0.0921 e. The third kappa shape index (κ3) is 2.26. The molecule has 0 aromatic carbocycles. The normalized spacial score (nSPS) is 11.1. The average Bonchev–Trinajstić information content (AvgIpc) is 3.04. The number of rotatable bonds is 5. The van der Waals surface area contributed by atoms with Gasteiger partial charge < -0.3 is 10.3 Å². The maximum absolute atomic E-state index is 4.31. The van der Waals surface area contributed by atoms with Crippen molar-refractivity contribution in [2.75, 3.05) is 6.54 Å². The van der Waals surface area contributed by atoms with Gasteiger partial charge in [0.05, 0.1) is 18.0 Å². The van der Waals surface area contributed by atoms with Crippen molar-refractivity contribution in [1.29, 1.82) is 0 Å². The van der Waals surface area contributed by atoms with Crippen LogP contribution >= 0.6 is 0 Å². The molecular weight excluding hydrogens is 226 g/mol. The van der Waals surface area contributed by atoms with E-state index < -0.39 is 0 Å². The van der Waals surface area contributed by atoms with Gasteiger partial charge >= 0.3 is 0 Å². The number of imidazole rings is 1. The van der Waals surface area contributed by atoms with Crippen molar-refractivity contribution < 1.29 is 0 Å². The van der Waals surface area contributed by atoms with Crippen LogP contribution in [0, 0.1) is 0 Å². The van der Waals surface area contributed by atoms with Crippen LogP contribution in [0.3, 0.4) is 0 Å². The molecule has 0 unspecified atom stereocenters. The summed E-state index contributed by atoms with van der Waals surface area (Å²) in [4.78, 5) is 7.09. The molecule has 0 spiro atoms. The highest BCUT2D eigenvalue weighted by molar-refractivity contribution is 5.53. The first-order chi connectivity index (χ1) is 8.93. The van der Waals surface area contributed by atoms with E-state index in [-0.39, 0.29) is 0 Å². The number of nitrogens with one attached hydrogen (secondary N) is 2. The van der Waals surface area contributed by atoms with Crippen molar-refractivity contribution >= 4 is 5.52 Å². The van der Waals surface area contributed by atoms with Gasteiger partial charge in [0.15, 0.2) is 0 Å². The van der Waals surface area contributed by atoms with Crippen molar-refractivity contribution in [2.24, 2.45) is 0 Å². The lowest BCUT2D eigenvalue weighted by molar-refractivity contribution is 0.684. The molecule has 0 aliphatic heterocycles. The molecule has 0 radical (unpaired) electrons. The molecule has 0 atom stereocenters. The summed E-state index contributed by atoms with van der Waals surface area (Å²) in [6, 6.07) is 6.10. The van der Waals surface area contributed by atoms with E-state index in [4.69, 9.17) is 0 Å². The van der Waals surface area contributed by atoms with E-state index in [9.17, 15) is 0 Å². The molecule has 3 aromatic heterocycles. The molecule has 0 aliphatic rings. The summed E-state index contributed by atoms with van der Waals surface area (Å²) < 4.78 is 1.89. The monoisotopic (exact) mass is 241 g/mol. The SMILES string of the molecule is c1ccn2ncc(CNCCc3cnc[nH]3)c2c1. The van der Waals surface area contributed by atoms with E-state index in [1.807, 2.05) is 35.2 Å². The Bertz CT molecular complexity index is 611. The fraction of sp³-hybridized carbons (Fsp3) is 0.231. The van der Waals surface area contributed by atoms with Crippen LogP contribution in [0.1, 0.15) is 11.3 Å². The van der Waals surface area contributed by atoms with Crippen LogP contribution in [0.15, 0.2) is 43.1 Å². The quantitative estimate of drug-likeness (QED) is 0.664. The number of H-pyrrole nitrogens is 1. The minimum Gasteiger partial charge on any atom is -0.348 e. The molecule has 5 heteroatoms. The first kappa shape index (κ1) is 11.0. The first-order valence-corrected chi connectivity index (χ1v) is 6.03. The van der Waals surface area contributed by atoms with Crippen LogP contribution in [-0.4, -0.2) is 26.1 Å². The van der Waals surface area contributed by atoms with Crippen molar-refractivity contribution in [3.8, 4) is 0 Å². The van der Waals surface area contributed by atoms with Gasteiger partial charge in [0.1, 0.15) is 0 Å². The lowest BCUT2D eigenvalue weighted by Crippen LogP contribution is -2.16. The van der Waals surface area contributed by atoms with Gasteiger partial charge in [-0.05, 0) is 12.1 Å². The number of hydrogen-bond donors (Lipinski definition) is 2. The molecule has 0 fully saturated rings. The zero-order chi connectivity index (χ0) is 12.2. The van der Waals surface area contributed by atoms with Crippen molar-refractivity contribution in [2.45, 2.75) is 13.0 Å². The van der Waals surface area contributed by atoms with Gasteiger partial charge in [-0.15, -0.1) is 0 Å². The second-order valence-corrected chi connectivity index (χ2v) is 4.20. The zero-order valence-corrected chi connectivity index (χ0v) is 10.0. The van der Waals surface area contributed by atoms with E-state index >= 15 is 0 Å². The molecule has 0 amide bonds. The summed E-state index contributed by atoms with van der Waals surface area (Å²) in [5, 5.41) is 7.72. The molecule has 3 rings (SSSR count). The highest BCUT2D eigenvalue weighted by Crippen LogP contribution is 2.09. The molecule has 5 nitrogen and oxygen atoms in total. The highest BCUT2D eigenvalue weighted by Gasteiger charge is 2.02. The Balaban J connectivity index is 1.57. The number of aromatic nitrogens is 4. The summed E-state index contributed by atoms with van der Waals surface area (Å²) in [5.74, 6) is 0. The largest absolute Gasteiger partial charge is 0.348 e. The predicted octanol–water partition coefficient (Wildman–Crippen LogP) is 1.39. The number of nitrogens with zero attached hydrogens (tertiary/aromatic N) is 3. The first-order valence-electron chi connectivity index (χ1n) is 6.03. The Labute approximate surface area is 105 Å². The minimum atomic E-state index is 0.835. The van der Waals surface area contributed by atoms with Gasteiger partial charge in [-0.1, -0.05) is 6.07 Å². The highest BCUT2D eigenvalue weighted by atomic mass is 15.2. The van der Waals surface area contributed by atoms with E-state index in [1.54, 1.807) is 6.33 Å². The van der Waals surface area contributed by atoms with Crippen LogP contribution in [0.25, 0.3) is 5.52 Å². The van der Waals surface area contributed by atoms with Gasteiger partial charge in [-0.2, -0.15) is 5.10 Å². The summed E-state index contributed by atoms with van der Waals surface area (Å²) in [6.45, 7) is 1.76. The van der Waals surface area contributed by atoms with Gasteiger partial charge in [-0.3, -0.25) is 0 Å². The molecule has 18 heavy (non-hydrogen) atoms. The Morgan fingerprint density at radius 1 is 1.28 bits per heavy atom.